The molecular weight excluding hydrogens is 220 g/mol. The summed E-state index contributed by atoms with van der Waals surface area (Å²) in [5.41, 5.74) is 0. The predicted molar refractivity (Wildman–Crippen MR) is 69.2 cm³/mol. The van der Waals surface area contributed by atoms with Crippen molar-refractivity contribution in [2.75, 3.05) is 19.6 Å². The fourth-order valence-electron chi connectivity index (χ4n) is 1.37. The van der Waals surface area contributed by atoms with E-state index in [9.17, 15) is 4.79 Å². The Balaban J connectivity index is 2.24. The summed E-state index contributed by atoms with van der Waals surface area (Å²) in [6.45, 7) is 6.87. The molecule has 1 aromatic heterocycles. The summed E-state index contributed by atoms with van der Waals surface area (Å²) in [4.78, 5) is 13.8. The minimum Gasteiger partial charge on any atom is -0.351 e. The van der Waals surface area contributed by atoms with Crippen molar-refractivity contribution in [3.63, 3.8) is 0 Å². The maximum absolute atomic E-state index is 11.7. The van der Waals surface area contributed by atoms with Gasteiger partial charge < -0.3 is 10.6 Å². The molecule has 3 nitrogen and oxygen atoms in total. The molecular formula is C12H20N2OS. The van der Waals surface area contributed by atoms with Crippen LogP contribution in [0.15, 0.2) is 12.1 Å². The lowest BCUT2D eigenvalue weighted by Crippen LogP contribution is -2.26. The van der Waals surface area contributed by atoms with E-state index in [1.165, 1.54) is 4.88 Å². The fraction of sp³-hybridized carbons (Fsp3) is 0.583. The molecule has 0 aliphatic heterocycles. The second kappa shape index (κ2) is 7.41. The molecule has 0 aromatic carbocycles. The molecule has 0 radical (unpaired) electrons. The van der Waals surface area contributed by atoms with Gasteiger partial charge in [-0.15, -0.1) is 11.3 Å². The first-order valence-corrected chi connectivity index (χ1v) is 6.67. The lowest BCUT2D eigenvalue weighted by molar-refractivity contribution is 0.0957. The number of carbonyl (C=O) groups is 1. The maximum atomic E-state index is 11.7. The molecule has 0 fully saturated rings. The highest BCUT2D eigenvalue weighted by atomic mass is 32.1. The van der Waals surface area contributed by atoms with Crippen molar-refractivity contribution < 1.29 is 4.79 Å². The molecule has 0 bridgehead atoms. The van der Waals surface area contributed by atoms with Gasteiger partial charge in [-0.1, -0.05) is 13.8 Å². The van der Waals surface area contributed by atoms with E-state index in [-0.39, 0.29) is 5.91 Å². The van der Waals surface area contributed by atoms with Gasteiger partial charge in [-0.3, -0.25) is 4.79 Å². The number of thiophene rings is 1. The van der Waals surface area contributed by atoms with Crippen LogP contribution in [0.4, 0.5) is 0 Å². The van der Waals surface area contributed by atoms with E-state index in [1.807, 2.05) is 12.1 Å². The van der Waals surface area contributed by atoms with Crippen LogP contribution in [0, 0.1) is 0 Å². The molecule has 1 rings (SSSR count). The van der Waals surface area contributed by atoms with Crippen LogP contribution < -0.4 is 10.6 Å². The third-order valence-corrected chi connectivity index (χ3v) is 3.53. The molecule has 0 spiro atoms. The van der Waals surface area contributed by atoms with Gasteiger partial charge in [-0.2, -0.15) is 0 Å². The van der Waals surface area contributed by atoms with Gasteiger partial charge in [0, 0.05) is 11.4 Å². The average molecular weight is 240 g/mol. The van der Waals surface area contributed by atoms with Crippen molar-refractivity contribution in [1.29, 1.82) is 0 Å². The Morgan fingerprint density at radius 1 is 1.31 bits per heavy atom. The minimum atomic E-state index is 0.0567. The molecule has 0 saturated carbocycles. The number of hydrogen-bond donors (Lipinski definition) is 2. The van der Waals surface area contributed by atoms with Crippen LogP contribution in [-0.4, -0.2) is 25.5 Å². The van der Waals surface area contributed by atoms with E-state index in [4.69, 9.17) is 0 Å². The Bertz CT molecular complexity index is 323. The van der Waals surface area contributed by atoms with Crippen molar-refractivity contribution in [2.24, 2.45) is 0 Å². The predicted octanol–water partition coefficient (Wildman–Crippen LogP) is 2.04. The van der Waals surface area contributed by atoms with Gasteiger partial charge in [0.2, 0.25) is 0 Å². The van der Waals surface area contributed by atoms with E-state index in [1.54, 1.807) is 11.3 Å². The summed E-state index contributed by atoms with van der Waals surface area (Å²) in [7, 11) is 0. The molecule has 1 aromatic rings. The maximum Gasteiger partial charge on any atom is 0.261 e. The summed E-state index contributed by atoms with van der Waals surface area (Å²) in [6, 6.07) is 3.93. The smallest absolute Gasteiger partial charge is 0.261 e. The lowest BCUT2D eigenvalue weighted by atomic mass is 10.3. The first kappa shape index (κ1) is 13.2. The summed E-state index contributed by atoms with van der Waals surface area (Å²) in [5, 5.41) is 6.15. The molecule has 0 atom stereocenters. The van der Waals surface area contributed by atoms with Crippen molar-refractivity contribution in [1.82, 2.24) is 10.6 Å². The number of nitrogens with one attached hydrogen (secondary N) is 2. The molecule has 16 heavy (non-hydrogen) atoms. The molecule has 0 aliphatic carbocycles. The van der Waals surface area contributed by atoms with Crippen LogP contribution in [0.2, 0.25) is 0 Å². The molecule has 4 heteroatoms. The van der Waals surface area contributed by atoms with Gasteiger partial charge in [0.15, 0.2) is 0 Å². The quantitative estimate of drug-likeness (QED) is 0.716. The molecule has 0 unspecified atom stereocenters. The average Bonchev–Trinajstić information content (AvgIpc) is 2.77. The van der Waals surface area contributed by atoms with Crippen LogP contribution in [0.5, 0.6) is 0 Å². The Kier molecular flexibility index (Phi) is 6.11. The van der Waals surface area contributed by atoms with Gasteiger partial charge in [0.25, 0.3) is 5.91 Å². The summed E-state index contributed by atoms with van der Waals surface area (Å²) in [5.74, 6) is 0.0567. The molecule has 0 saturated heterocycles. The van der Waals surface area contributed by atoms with Gasteiger partial charge in [-0.25, -0.2) is 0 Å². The first-order chi connectivity index (χ1) is 7.77. The third-order valence-electron chi connectivity index (χ3n) is 2.30. The highest BCUT2D eigenvalue weighted by molar-refractivity contribution is 7.14. The summed E-state index contributed by atoms with van der Waals surface area (Å²) in [6.07, 6.45) is 1.98. The van der Waals surface area contributed by atoms with Gasteiger partial charge >= 0.3 is 0 Å². The van der Waals surface area contributed by atoms with E-state index < -0.39 is 0 Å². The van der Waals surface area contributed by atoms with Crippen LogP contribution in [-0.2, 0) is 6.42 Å². The zero-order valence-corrected chi connectivity index (χ0v) is 10.8. The van der Waals surface area contributed by atoms with Crippen LogP contribution in [0.3, 0.4) is 0 Å². The monoisotopic (exact) mass is 240 g/mol. The van der Waals surface area contributed by atoms with Gasteiger partial charge in [0.1, 0.15) is 0 Å². The normalized spacial score (nSPS) is 10.4. The summed E-state index contributed by atoms with van der Waals surface area (Å²) < 4.78 is 0. The number of amides is 1. The number of carbonyl (C=O) groups excluding carboxylic acids is 1. The molecule has 1 heterocycles. The Labute approximate surface area is 101 Å². The van der Waals surface area contributed by atoms with E-state index in [0.717, 1.165) is 37.4 Å². The summed E-state index contributed by atoms with van der Waals surface area (Å²) >= 11 is 1.58. The van der Waals surface area contributed by atoms with Gasteiger partial charge in [0.05, 0.1) is 4.88 Å². The zero-order valence-electron chi connectivity index (χ0n) is 10.0. The topological polar surface area (TPSA) is 41.1 Å². The van der Waals surface area contributed by atoms with Crippen molar-refractivity contribution in [3.8, 4) is 0 Å². The van der Waals surface area contributed by atoms with Crippen molar-refractivity contribution in [2.45, 2.75) is 26.7 Å². The second-order valence-electron chi connectivity index (χ2n) is 3.58. The standard InChI is InChI=1S/C12H20N2OS/c1-3-10-6-7-11(16-10)12(15)14-9-5-8-13-4-2/h6-7,13H,3-5,8-9H2,1-2H3,(H,14,15). The molecule has 0 aliphatic rings. The molecule has 90 valence electrons. The number of rotatable bonds is 7. The Morgan fingerprint density at radius 3 is 2.75 bits per heavy atom. The van der Waals surface area contributed by atoms with E-state index >= 15 is 0 Å². The molecule has 1 amide bonds. The second-order valence-corrected chi connectivity index (χ2v) is 4.75. The van der Waals surface area contributed by atoms with Crippen LogP contribution in [0.25, 0.3) is 0 Å². The highest BCUT2D eigenvalue weighted by Gasteiger charge is 2.07. The minimum absolute atomic E-state index is 0.0567. The first-order valence-electron chi connectivity index (χ1n) is 5.85. The number of aryl methyl sites for hydroxylation is 1. The van der Waals surface area contributed by atoms with E-state index in [0.29, 0.717) is 0 Å². The SMILES string of the molecule is CCNCCCNC(=O)c1ccc(CC)s1. The van der Waals surface area contributed by atoms with E-state index in [2.05, 4.69) is 24.5 Å². The molecule has 2 N–H and O–H groups in total. The van der Waals surface area contributed by atoms with Gasteiger partial charge in [-0.05, 0) is 38.1 Å². The third kappa shape index (κ3) is 4.33. The van der Waals surface area contributed by atoms with Crippen LogP contribution >= 0.6 is 11.3 Å². The number of hydrogen-bond acceptors (Lipinski definition) is 3. The highest BCUT2D eigenvalue weighted by Crippen LogP contribution is 2.16. The van der Waals surface area contributed by atoms with Crippen molar-refractivity contribution >= 4 is 17.2 Å². The van der Waals surface area contributed by atoms with Crippen LogP contribution in [0.1, 0.15) is 34.8 Å². The Hall–Kier alpha value is -0.870. The Morgan fingerprint density at radius 2 is 2.12 bits per heavy atom. The fourth-order valence-corrected chi connectivity index (χ4v) is 2.23. The van der Waals surface area contributed by atoms with Crippen molar-refractivity contribution in [3.05, 3.63) is 21.9 Å². The lowest BCUT2D eigenvalue weighted by Gasteiger charge is -2.03. The zero-order chi connectivity index (χ0) is 11.8. The largest absolute Gasteiger partial charge is 0.351 e.